The first-order valence-electron chi connectivity index (χ1n) is 5.75. The second-order valence-electron chi connectivity index (χ2n) is 4.27. The number of benzene rings is 1. The van der Waals surface area contributed by atoms with Crippen molar-refractivity contribution >= 4 is 50.3 Å². The van der Waals surface area contributed by atoms with Crippen LogP contribution in [0.15, 0.2) is 29.2 Å². The summed E-state index contributed by atoms with van der Waals surface area (Å²) in [5, 5.41) is 12.4. The van der Waals surface area contributed by atoms with Gasteiger partial charge in [0, 0.05) is 10.5 Å². The van der Waals surface area contributed by atoms with Crippen LogP contribution < -0.4 is 10.0 Å². The molecule has 0 saturated carbocycles. The van der Waals surface area contributed by atoms with E-state index in [2.05, 4.69) is 5.32 Å². The monoisotopic (exact) mass is 344 g/mol. The summed E-state index contributed by atoms with van der Waals surface area (Å²) < 4.78 is 24.6. The van der Waals surface area contributed by atoms with Gasteiger partial charge in [0.05, 0.1) is 6.26 Å². The third-order valence-electron chi connectivity index (χ3n) is 2.52. The van der Waals surface area contributed by atoms with Gasteiger partial charge in [0.2, 0.25) is 10.0 Å². The molecule has 21 heavy (non-hydrogen) atoms. The van der Waals surface area contributed by atoms with Crippen LogP contribution >= 0.6 is 24.0 Å². The van der Waals surface area contributed by atoms with Crippen LogP contribution in [-0.2, 0) is 10.0 Å². The maximum atomic E-state index is 12.0. The van der Waals surface area contributed by atoms with Crippen LogP contribution in [0.3, 0.4) is 0 Å². The second kappa shape index (κ2) is 6.14. The van der Waals surface area contributed by atoms with Crippen molar-refractivity contribution in [1.29, 1.82) is 0 Å². The van der Waals surface area contributed by atoms with Crippen molar-refractivity contribution in [2.24, 2.45) is 0 Å². The molecule has 9 heteroatoms. The minimum atomic E-state index is -3.64. The number of hydrogen-bond acceptors (Lipinski definition) is 6. The number of carbonyl (C=O) groups is 1. The highest BCUT2D eigenvalue weighted by atomic mass is 32.2. The molecular formula is C12H12N2O4S3. The number of sulfonamides is 1. The zero-order valence-electron chi connectivity index (χ0n) is 10.9. The Morgan fingerprint density at radius 3 is 2.71 bits per heavy atom. The van der Waals surface area contributed by atoms with E-state index in [1.54, 1.807) is 24.3 Å². The number of aliphatic hydroxyl groups excluding tert-OH is 1. The summed E-state index contributed by atoms with van der Waals surface area (Å²) in [5.41, 5.74) is 0.688. The quantitative estimate of drug-likeness (QED) is 0.693. The Kier molecular flexibility index (Phi) is 4.67. The van der Waals surface area contributed by atoms with Gasteiger partial charge in [-0.2, -0.15) is 0 Å². The van der Waals surface area contributed by atoms with Gasteiger partial charge >= 0.3 is 0 Å². The maximum absolute atomic E-state index is 12.0. The lowest BCUT2D eigenvalue weighted by atomic mass is 10.1. The molecule has 1 heterocycles. The van der Waals surface area contributed by atoms with Gasteiger partial charge in [0.1, 0.15) is 4.32 Å². The van der Waals surface area contributed by atoms with Crippen LogP contribution in [0.25, 0.3) is 6.08 Å². The van der Waals surface area contributed by atoms with Crippen LogP contribution in [-0.4, -0.2) is 36.2 Å². The van der Waals surface area contributed by atoms with Crippen molar-refractivity contribution in [1.82, 2.24) is 10.0 Å². The Bertz CT molecular complexity index is 728. The molecule has 1 aliphatic heterocycles. The number of nitrogens with one attached hydrogen (secondary N) is 2. The summed E-state index contributed by atoms with van der Waals surface area (Å²) in [6.45, 7) is 0. The number of hydrogen-bond donors (Lipinski definition) is 3. The van der Waals surface area contributed by atoms with Crippen LogP contribution in [0.4, 0.5) is 0 Å². The predicted octanol–water partition coefficient (Wildman–Crippen LogP) is 0.657. The Hall–Kier alpha value is -1.42. The summed E-state index contributed by atoms with van der Waals surface area (Å²) >= 11 is 6.12. The highest BCUT2D eigenvalue weighted by molar-refractivity contribution is 8.26. The summed E-state index contributed by atoms with van der Waals surface area (Å²) in [6.07, 6.45) is 1.58. The second-order valence-corrected chi connectivity index (χ2v) is 7.77. The SMILES string of the molecule is CS(=O)(=O)NC(=O)c1ccccc1/C=C1\SC(=S)NC1O. The van der Waals surface area contributed by atoms with E-state index in [4.69, 9.17) is 12.2 Å². The molecule has 0 radical (unpaired) electrons. The minimum absolute atomic E-state index is 0.195. The standard InChI is InChI=1S/C12H12N2O4S3/c1-21(17,18)14-10(15)8-5-3-2-4-7(8)6-9-11(16)13-12(19)20-9/h2-6,11,16H,1H3,(H,13,19)(H,14,15)/b9-6-. The Balaban J connectivity index is 2.36. The van der Waals surface area contributed by atoms with Crippen LogP contribution in [0.5, 0.6) is 0 Å². The van der Waals surface area contributed by atoms with Gasteiger partial charge in [-0.05, 0) is 17.7 Å². The summed E-state index contributed by atoms with van der Waals surface area (Å²) in [4.78, 5) is 12.5. The van der Waals surface area contributed by atoms with E-state index in [1.165, 1.54) is 17.8 Å². The molecule has 6 nitrogen and oxygen atoms in total. The first-order valence-corrected chi connectivity index (χ1v) is 8.87. The summed E-state index contributed by atoms with van der Waals surface area (Å²) in [7, 11) is -3.64. The molecule has 1 aromatic rings. The fraction of sp³-hybridized carbons (Fsp3) is 0.167. The van der Waals surface area contributed by atoms with Crippen LogP contribution in [0.1, 0.15) is 15.9 Å². The summed E-state index contributed by atoms with van der Waals surface area (Å²) in [6, 6.07) is 6.49. The number of carbonyl (C=O) groups excluding carboxylic acids is 1. The Labute approximate surface area is 131 Å². The van der Waals surface area contributed by atoms with E-state index in [0.717, 1.165) is 6.26 Å². The molecule has 1 saturated heterocycles. The predicted molar refractivity (Wildman–Crippen MR) is 86.1 cm³/mol. The number of thiocarbonyl (C=S) groups is 1. The lowest BCUT2D eigenvalue weighted by Crippen LogP contribution is -2.29. The first kappa shape index (κ1) is 16.0. The molecule has 3 N–H and O–H groups in total. The number of rotatable bonds is 3. The van der Waals surface area contributed by atoms with Crippen LogP contribution in [0, 0.1) is 0 Å². The fourth-order valence-corrected chi connectivity index (χ4v) is 3.28. The average Bonchev–Trinajstić information content (AvgIpc) is 2.66. The van der Waals surface area contributed by atoms with E-state index in [-0.39, 0.29) is 5.56 Å². The molecule has 1 atom stereocenters. The van der Waals surface area contributed by atoms with E-state index in [9.17, 15) is 18.3 Å². The zero-order valence-corrected chi connectivity index (χ0v) is 13.3. The van der Waals surface area contributed by atoms with Crippen molar-refractivity contribution in [3.63, 3.8) is 0 Å². The molecule has 0 bridgehead atoms. The smallest absolute Gasteiger partial charge is 0.265 e. The molecular weight excluding hydrogens is 332 g/mol. The van der Waals surface area contributed by atoms with Gasteiger partial charge in [-0.25, -0.2) is 13.1 Å². The van der Waals surface area contributed by atoms with E-state index < -0.39 is 22.2 Å². The summed E-state index contributed by atoms with van der Waals surface area (Å²) in [5.74, 6) is -0.724. The first-order chi connectivity index (χ1) is 9.76. The molecule has 0 spiro atoms. The van der Waals surface area contributed by atoms with Crippen molar-refractivity contribution in [2.45, 2.75) is 6.23 Å². The lowest BCUT2D eigenvalue weighted by molar-refractivity contribution is 0.0981. The largest absolute Gasteiger partial charge is 0.369 e. The third kappa shape index (κ3) is 4.27. The molecule has 0 aromatic heterocycles. The van der Waals surface area contributed by atoms with Crippen molar-refractivity contribution in [3.8, 4) is 0 Å². The van der Waals surface area contributed by atoms with Crippen molar-refractivity contribution < 1.29 is 18.3 Å². The van der Waals surface area contributed by atoms with Crippen molar-refractivity contribution in [3.05, 3.63) is 40.3 Å². The fourth-order valence-electron chi connectivity index (χ4n) is 1.69. The molecule has 1 fully saturated rings. The van der Waals surface area contributed by atoms with E-state index >= 15 is 0 Å². The molecule has 2 rings (SSSR count). The van der Waals surface area contributed by atoms with E-state index in [1.807, 2.05) is 4.72 Å². The van der Waals surface area contributed by atoms with Gasteiger partial charge < -0.3 is 10.4 Å². The highest BCUT2D eigenvalue weighted by Gasteiger charge is 2.23. The molecule has 112 valence electrons. The lowest BCUT2D eigenvalue weighted by Gasteiger charge is -2.08. The van der Waals surface area contributed by atoms with Crippen LogP contribution in [0.2, 0.25) is 0 Å². The highest BCUT2D eigenvalue weighted by Crippen LogP contribution is 2.29. The molecule has 1 unspecified atom stereocenters. The van der Waals surface area contributed by atoms with Crippen molar-refractivity contribution in [2.75, 3.05) is 6.26 Å². The van der Waals surface area contributed by atoms with Gasteiger partial charge in [-0.1, -0.05) is 42.2 Å². The normalized spacial score (nSPS) is 20.4. The van der Waals surface area contributed by atoms with Gasteiger partial charge in [0.15, 0.2) is 6.23 Å². The Morgan fingerprint density at radius 2 is 2.14 bits per heavy atom. The topological polar surface area (TPSA) is 95.5 Å². The average molecular weight is 344 g/mol. The molecule has 1 aromatic carbocycles. The molecule has 0 aliphatic carbocycles. The maximum Gasteiger partial charge on any atom is 0.265 e. The zero-order chi connectivity index (χ0) is 15.6. The molecule has 1 amide bonds. The van der Waals surface area contributed by atoms with Gasteiger partial charge in [-0.15, -0.1) is 0 Å². The number of thioether (sulfide) groups is 1. The minimum Gasteiger partial charge on any atom is -0.369 e. The number of aliphatic hydroxyl groups is 1. The van der Waals surface area contributed by atoms with Gasteiger partial charge in [0.25, 0.3) is 5.91 Å². The Morgan fingerprint density at radius 1 is 1.48 bits per heavy atom. The number of amides is 1. The third-order valence-corrected chi connectivity index (χ3v) is 4.32. The molecule has 1 aliphatic rings. The van der Waals surface area contributed by atoms with Gasteiger partial charge in [-0.3, -0.25) is 4.79 Å². The van der Waals surface area contributed by atoms with E-state index in [0.29, 0.717) is 14.8 Å².